The van der Waals surface area contributed by atoms with Gasteiger partial charge < -0.3 is 35.3 Å². The molecule has 0 bridgehead atoms. The molecule has 4 heterocycles. The van der Waals surface area contributed by atoms with Gasteiger partial charge in [-0.1, -0.05) is 44.7 Å². The molecule has 0 amide bonds. The highest BCUT2D eigenvalue weighted by molar-refractivity contribution is 5.83. The van der Waals surface area contributed by atoms with Gasteiger partial charge in [0, 0.05) is 50.5 Å². The van der Waals surface area contributed by atoms with E-state index in [0.717, 1.165) is 83.8 Å². The van der Waals surface area contributed by atoms with Crippen LogP contribution in [0, 0.1) is 0 Å². The molecule has 0 radical (unpaired) electrons. The van der Waals surface area contributed by atoms with Gasteiger partial charge in [-0.15, -0.1) is 0 Å². The molecule has 0 atom stereocenters. The number of nitrogen functional groups attached to an aromatic ring is 1. The monoisotopic (exact) mass is 579 g/mol. The summed E-state index contributed by atoms with van der Waals surface area (Å²) >= 11 is 0. The Balaban J connectivity index is 1.10. The van der Waals surface area contributed by atoms with Crippen LogP contribution in [0.5, 0.6) is 0 Å². The van der Waals surface area contributed by atoms with E-state index >= 15 is 0 Å². The molecule has 6 rings (SSSR count). The van der Waals surface area contributed by atoms with Crippen LogP contribution in [0.4, 0.5) is 23.3 Å². The number of hydrogen-bond acceptors (Lipinski definition) is 9. The molecule has 0 unspecified atom stereocenters. The Kier molecular flexibility index (Phi) is 7.55. The summed E-state index contributed by atoms with van der Waals surface area (Å²) in [5.41, 5.74) is 12.4. The molecule has 224 valence electrons. The van der Waals surface area contributed by atoms with Crippen LogP contribution in [0.25, 0.3) is 22.6 Å². The number of nitrogens with zero attached hydrogens (tertiary/aromatic N) is 8. The van der Waals surface area contributed by atoms with Gasteiger partial charge in [-0.05, 0) is 44.4 Å². The highest BCUT2D eigenvalue weighted by atomic mass is 15.4. The first-order chi connectivity index (χ1) is 20.8. The third kappa shape index (κ3) is 5.09. The van der Waals surface area contributed by atoms with Crippen molar-refractivity contribution in [1.29, 1.82) is 0 Å². The Morgan fingerprint density at radius 3 is 2.44 bits per heavy atom. The normalized spacial score (nSPS) is 15.4. The first-order valence-corrected chi connectivity index (χ1v) is 15.1. The Morgan fingerprint density at radius 1 is 1.02 bits per heavy atom. The van der Waals surface area contributed by atoms with E-state index in [0.29, 0.717) is 29.9 Å². The molecule has 3 aromatic heterocycles. The zero-order chi connectivity index (χ0) is 30.2. The van der Waals surface area contributed by atoms with Crippen molar-refractivity contribution in [2.75, 3.05) is 35.6 Å². The fraction of sp³-hybridized carbons (Fsp3) is 0.375. The topological polar surface area (TPSA) is 118 Å². The molecule has 1 aromatic carbocycles. The first-order valence-electron chi connectivity index (χ1n) is 15.1. The second-order valence-electron chi connectivity index (χ2n) is 11.2. The summed E-state index contributed by atoms with van der Waals surface area (Å²) < 4.78 is 4.30. The Bertz CT molecular complexity index is 1690. The van der Waals surface area contributed by atoms with Crippen LogP contribution in [0.2, 0.25) is 0 Å². The molecular weight excluding hydrogens is 538 g/mol. The lowest BCUT2D eigenvalue weighted by Gasteiger charge is -2.39. The molecule has 11 nitrogen and oxygen atoms in total. The Hall–Kier alpha value is -4.80. The third-order valence-electron chi connectivity index (χ3n) is 8.62. The van der Waals surface area contributed by atoms with Gasteiger partial charge >= 0.3 is 0 Å². The highest BCUT2D eigenvalue weighted by Crippen LogP contribution is 2.38. The van der Waals surface area contributed by atoms with Crippen molar-refractivity contribution >= 4 is 45.8 Å². The van der Waals surface area contributed by atoms with E-state index in [1.165, 1.54) is 12.8 Å². The van der Waals surface area contributed by atoms with Crippen molar-refractivity contribution in [1.82, 2.24) is 39.3 Å². The average molecular weight is 580 g/mol. The third-order valence-corrected chi connectivity index (χ3v) is 8.62. The van der Waals surface area contributed by atoms with Gasteiger partial charge in [0.1, 0.15) is 22.9 Å². The van der Waals surface area contributed by atoms with Crippen molar-refractivity contribution in [2.45, 2.75) is 52.0 Å². The van der Waals surface area contributed by atoms with Crippen LogP contribution >= 0.6 is 0 Å². The van der Waals surface area contributed by atoms with E-state index in [1.807, 2.05) is 30.6 Å². The standard InChI is InChI=1S/C32H41N11/c1-7-41-21(4)28-31(42(8-2)22(41)5)37-26(40(28)6)17-18-34-20(3)23-13-15-24(16-14-23)36-32-38-29(33)27-30(39-32)43(19-35-27)25-11-9-10-12-25/h13-16,19,25,34H,3-5,7-12,17-18H2,1-2,6H3,(H3,33,36,38,39). The minimum Gasteiger partial charge on any atom is -0.385 e. The summed E-state index contributed by atoms with van der Waals surface area (Å²) in [6.07, 6.45) is 7.33. The van der Waals surface area contributed by atoms with Gasteiger partial charge in [-0.25, -0.2) is 9.97 Å². The summed E-state index contributed by atoms with van der Waals surface area (Å²) in [5, 5.41) is 6.77. The number of nitrogens with two attached hydrogens (primary N) is 1. The van der Waals surface area contributed by atoms with E-state index in [-0.39, 0.29) is 0 Å². The van der Waals surface area contributed by atoms with Crippen LogP contribution < -0.4 is 21.3 Å². The second kappa shape index (κ2) is 11.5. The van der Waals surface area contributed by atoms with Gasteiger partial charge in [0.25, 0.3) is 0 Å². The zero-order valence-electron chi connectivity index (χ0n) is 25.4. The zero-order valence-corrected chi connectivity index (χ0v) is 25.4. The second-order valence-corrected chi connectivity index (χ2v) is 11.2. The lowest BCUT2D eigenvalue weighted by Crippen LogP contribution is -2.38. The number of hydrogen-bond donors (Lipinski definition) is 3. The van der Waals surface area contributed by atoms with Crippen LogP contribution in [0.15, 0.2) is 56.2 Å². The molecule has 11 heteroatoms. The summed E-state index contributed by atoms with van der Waals surface area (Å²) in [5.74, 6) is 3.67. The van der Waals surface area contributed by atoms with Crippen molar-refractivity contribution < 1.29 is 0 Å². The maximum Gasteiger partial charge on any atom is 0.231 e. The molecule has 4 N–H and O–H groups in total. The molecule has 0 saturated heterocycles. The maximum atomic E-state index is 6.25. The van der Waals surface area contributed by atoms with Crippen LogP contribution in [0.1, 0.15) is 62.7 Å². The minimum atomic E-state index is 0.381. The van der Waals surface area contributed by atoms with E-state index in [1.54, 1.807) is 0 Å². The molecule has 1 saturated carbocycles. The largest absolute Gasteiger partial charge is 0.385 e. The average Bonchev–Trinajstić information content (AvgIpc) is 3.74. The summed E-state index contributed by atoms with van der Waals surface area (Å²) in [6.45, 7) is 19.4. The van der Waals surface area contributed by atoms with Crippen molar-refractivity contribution in [3.05, 3.63) is 73.2 Å². The van der Waals surface area contributed by atoms with Crippen LogP contribution in [0.3, 0.4) is 0 Å². The number of imidazole rings is 2. The Labute approximate surface area is 252 Å². The number of rotatable bonds is 10. The smallest absolute Gasteiger partial charge is 0.231 e. The van der Waals surface area contributed by atoms with E-state index in [9.17, 15) is 0 Å². The number of anilines is 4. The van der Waals surface area contributed by atoms with Gasteiger partial charge in [0.05, 0.1) is 12.0 Å². The molecular formula is C32H41N11. The van der Waals surface area contributed by atoms with Crippen LogP contribution in [-0.2, 0) is 13.5 Å². The molecule has 2 aliphatic rings. The van der Waals surface area contributed by atoms with E-state index < -0.39 is 0 Å². The SMILES string of the molecule is C=C(NCCc1nc2c(n1C)C(=C)N(CC)C(=C)N2CC)c1ccc(Nc2nc(N)c3ncn(C4CCCC4)c3n2)cc1. The fourth-order valence-electron chi connectivity index (χ4n) is 6.28. The fourth-order valence-corrected chi connectivity index (χ4v) is 6.28. The lowest BCUT2D eigenvalue weighted by molar-refractivity contribution is 0.481. The predicted octanol–water partition coefficient (Wildman–Crippen LogP) is 5.41. The van der Waals surface area contributed by atoms with Crippen molar-refractivity contribution in [2.24, 2.45) is 7.05 Å². The van der Waals surface area contributed by atoms with Crippen molar-refractivity contribution in [3.63, 3.8) is 0 Å². The molecule has 4 aromatic rings. The lowest BCUT2D eigenvalue weighted by atomic mass is 10.1. The summed E-state index contributed by atoms with van der Waals surface area (Å²) in [7, 11) is 2.06. The summed E-state index contributed by atoms with van der Waals surface area (Å²) in [4.78, 5) is 23.0. The number of aromatic nitrogens is 6. The number of fused-ring (bicyclic) bond motifs is 2. The molecule has 1 fully saturated rings. The van der Waals surface area contributed by atoms with Gasteiger partial charge in [0.15, 0.2) is 17.3 Å². The number of nitrogens with one attached hydrogen (secondary N) is 2. The maximum absolute atomic E-state index is 6.25. The first kappa shape index (κ1) is 28.3. The van der Waals surface area contributed by atoms with E-state index in [2.05, 4.69) is 80.2 Å². The predicted molar refractivity (Wildman–Crippen MR) is 174 cm³/mol. The molecule has 1 aliphatic carbocycles. The minimum absolute atomic E-state index is 0.381. The molecule has 1 aliphatic heterocycles. The van der Waals surface area contributed by atoms with Gasteiger partial charge in [0.2, 0.25) is 5.95 Å². The summed E-state index contributed by atoms with van der Waals surface area (Å²) in [6, 6.07) is 8.45. The van der Waals surface area contributed by atoms with E-state index in [4.69, 9.17) is 15.7 Å². The van der Waals surface area contributed by atoms with Gasteiger partial charge in [-0.3, -0.25) is 0 Å². The molecule has 0 spiro atoms. The Morgan fingerprint density at radius 2 is 1.74 bits per heavy atom. The van der Waals surface area contributed by atoms with Crippen molar-refractivity contribution in [3.8, 4) is 0 Å². The highest BCUT2D eigenvalue weighted by Gasteiger charge is 2.32. The van der Waals surface area contributed by atoms with Gasteiger partial charge in [-0.2, -0.15) is 9.97 Å². The van der Waals surface area contributed by atoms with Crippen LogP contribution in [-0.4, -0.2) is 53.6 Å². The number of benzene rings is 1. The molecule has 43 heavy (non-hydrogen) atoms. The quantitative estimate of drug-likeness (QED) is 0.227.